The number of fused-ring (bicyclic) bond motifs is 2. The zero-order chi connectivity index (χ0) is 17.6. The zero-order valence-corrected chi connectivity index (χ0v) is 14.5. The molecule has 7 heteroatoms. The molecule has 1 aliphatic heterocycles. The minimum atomic E-state index is -0.188. The fraction of sp³-hybridized carbons (Fsp3) is 0.389. The SMILES string of the molecule is COc1ccc2oc(C(=O)N[C@@H]3CCc4nnc(C)n4C3)c(C)c2c1. The highest BCUT2D eigenvalue weighted by Gasteiger charge is 2.25. The molecule has 0 unspecified atom stereocenters. The van der Waals surface area contributed by atoms with Crippen LogP contribution in [0.5, 0.6) is 5.75 Å². The van der Waals surface area contributed by atoms with E-state index in [2.05, 4.69) is 20.1 Å². The molecule has 0 saturated carbocycles. The van der Waals surface area contributed by atoms with Crippen LogP contribution in [0.3, 0.4) is 0 Å². The zero-order valence-electron chi connectivity index (χ0n) is 14.5. The molecule has 0 fully saturated rings. The van der Waals surface area contributed by atoms with Gasteiger partial charge in [0.1, 0.15) is 23.0 Å². The number of hydrogen-bond acceptors (Lipinski definition) is 5. The van der Waals surface area contributed by atoms with Crippen molar-refractivity contribution in [1.29, 1.82) is 0 Å². The molecule has 0 bridgehead atoms. The van der Waals surface area contributed by atoms with Gasteiger partial charge in [0, 0.05) is 30.0 Å². The normalized spacial score (nSPS) is 16.7. The molecule has 7 nitrogen and oxygen atoms in total. The topological polar surface area (TPSA) is 82.2 Å². The van der Waals surface area contributed by atoms with Gasteiger partial charge in [-0.3, -0.25) is 4.79 Å². The van der Waals surface area contributed by atoms with Gasteiger partial charge in [0.05, 0.1) is 7.11 Å². The van der Waals surface area contributed by atoms with Crippen molar-refractivity contribution in [3.63, 3.8) is 0 Å². The van der Waals surface area contributed by atoms with Gasteiger partial charge in [0.15, 0.2) is 5.76 Å². The van der Waals surface area contributed by atoms with Crippen LogP contribution in [0.1, 0.15) is 34.2 Å². The number of amides is 1. The molecule has 25 heavy (non-hydrogen) atoms. The van der Waals surface area contributed by atoms with Crippen molar-refractivity contribution < 1.29 is 13.9 Å². The molecule has 0 aliphatic carbocycles. The Morgan fingerprint density at radius 2 is 2.20 bits per heavy atom. The standard InChI is InChI=1S/C18H20N4O3/c1-10-14-8-13(24-3)5-6-15(14)25-17(10)18(23)19-12-4-7-16-21-20-11(2)22(16)9-12/h5-6,8,12H,4,7,9H2,1-3H3,(H,19,23)/t12-/m1/s1. The number of carbonyl (C=O) groups is 1. The van der Waals surface area contributed by atoms with E-state index in [0.717, 1.165) is 41.2 Å². The van der Waals surface area contributed by atoms with Crippen LogP contribution in [-0.2, 0) is 13.0 Å². The molecule has 1 aromatic carbocycles. The van der Waals surface area contributed by atoms with E-state index in [4.69, 9.17) is 9.15 Å². The molecule has 0 spiro atoms. The van der Waals surface area contributed by atoms with Crippen LogP contribution >= 0.6 is 0 Å². The quantitative estimate of drug-likeness (QED) is 0.792. The van der Waals surface area contributed by atoms with Crippen molar-refractivity contribution in [2.45, 2.75) is 39.3 Å². The van der Waals surface area contributed by atoms with Crippen molar-refractivity contribution >= 4 is 16.9 Å². The number of ether oxygens (including phenoxy) is 1. The van der Waals surface area contributed by atoms with Gasteiger partial charge in [0.25, 0.3) is 5.91 Å². The van der Waals surface area contributed by atoms with Crippen LogP contribution in [0, 0.1) is 13.8 Å². The van der Waals surface area contributed by atoms with E-state index >= 15 is 0 Å². The predicted octanol–water partition coefficient (Wildman–Crippen LogP) is 2.39. The maximum absolute atomic E-state index is 12.7. The highest BCUT2D eigenvalue weighted by Crippen LogP contribution is 2.29. The summed E-state index contributed by atoms with van der Waals surface area (Å²) in [5.41, 5.74) is 1.51. The van der Waals surface area contributed by atoms with Gasteiger partial charge in [0.2, 0.25) is 0 Å². The van der Waals surface area contributed by atoms with Crippen molar-refractivity contribution in [3.8, 4) is 5.75 Å². The molecule has 3 aromatic rings. The summed E-state index contributed by atoms with van der Waals surface area (Å²) in [6.07, 6.45) is 1.65. The molecular formula is C18H20N4O3. The lowest BCUT2D eigenvalue weighted by atomic mass is 10.1. The van der Waals surface area contributed by atoms with Crippen molar-refractivity contribution in [3.05, 3.63) is 41.2 Å². The third kappa shape index (κ3) is 2.65. The minimum Gasteiger partial charge on any atom is -0.497 e. The fourth-order valence-electron chi connectivity index (χ4n) is 3.37. The number of nitrogens with one attached hydrogen (secondary N) is 1. The highest BCUT2D eigenvalue weighted by molar-refractivity contribution is 5.99. The summed E-state index contributed by atoms with van der Waals surface area (Å²) in [7, 11) is 1.62. The highest BCUT2D eigenvalue weighted by atomic mass is 16.5. The maximum atomic E-state index is 12.7. The second-order valence-electron chi connectivity index (χ2n) is 6.40. The minimum absolute atomic E-state index is 0.0387. The number of hydrogen-bond donors (Lipinski definition) is 1. The summed E-state index contributed by atoms with van der Waals surface area (Å²) in [4.78, 5) is 12.7. The average molecular weight is 340 g/mol. The molecule has 130 valence electrons. The van der Waals surface area contributed by atoms with E-state index in [9.17, 15) is 4.79 Å². The van der Waals surface area contributed by atoms with Crippen LogP contribution in [-0.4, -0.2) is 33.8 Å². The lowest BCUT2D eigenvalue weighted by Crippen LogP contribution is -2.41. The smallest absolute Gasteiger partial charge is 0.287 e. The number of methoxy groups -OCH3 is 1. The Bertz CT molecular complexity index is 957. The first-order valence-corrected chi connectivity index (χ1v) is 8.33. The van der Waals surface area contributed by atoms with Crippen LogP contribution in [0.2, 0.25) is 0 Å². The van der Waals surface area contributed by atoms with E-state index in [-0.39, 0.29) is 11.9 Å². The predicted molar refractivity (Wildman–Crippen MR) is 91.8 cm³/mol. The average Bonchev–Trinajstić information content (AvgIpc) is 3.15. The van der Waals surface area contributed by atoms with Crippen molar-refractivity contribution in [2.24, 2.45) is 0 Å². The summed E-state index contributed by atoms with van der Waals surface area (Å²) in [5, 5.41) is 12.2. The Labute approximate surface area is 145 Å². The third-order valence-corrected chi connectivity index (χ3v) is 4.82. The lowest BCUT2D eigenvalue weighted by molar-refractivity contribution is 0.0900. The monoisotopic (exact) mass is 340 g/mol. The lowest BCUT2D eigenvalue weighted by Gasteiger charge is -2.24. The Kier molecular flexibility index (Phi) is 3.71. The first-order valence-electron chi connectivity index (χ1n) is 8.33. The third-order valence-electron chi connectivity index (χ3n) is 4.82. The number of furan rings is 1. The molecule has 3 heterocycles. The number of aromatic nitrogens is 3. The fourth-order valence-corrected chi connectivity index (χ4v) is 3.37. The Hall–Kier alpha value is -2.83. The number of nitrogens with zero attached hydrogens (tertiary/aromatic N) is 3. The summed E-state index contributed by atoms with van der Waals surface area (Å²) >= 11 is 0. The summed E-state index contributed by atoms with van der Waals surface area (Å²) < 4.78 is 13.1. The van der Waals surface area contributed by atoms with E-state index in [1.54, 1.807) is 7.11 Å². The van der Waals surface area contributed by atoms with Crippen molar-refractivity contribution in [2.75, 3.05) is 7.11 Å². The van der Waals surface area contributed by atoms with Gasteiger partial charge >= 0.3 is 0 Å². The van der Waals surface area contributed by atoms with Crippen LogP contribution in [0.4, 0.5) is 0 Å². The second kappa shape index (κ2) is 5.91. The molecule has 0 radical (unpaired) electrons. The van der Waals surface area contributed by atoms with Crippen LogP contribution in [0.25, 0.3) is 11.0 Å². The number of benzene rings is 1. The summed E-state index contributed by atoms with van der Waals surface area (Å²) in [5.74, 6) is 2.77. The second-order valence-corrected chi connectivity index (χ2v) is 6.40. The Morgan fingerprint density at radius 3 is 3.00 bits per heavy atom. The number of carbonyl (C=O) groups excluding carboxylic acids is 1. The molecule has 1 atom stereocenters. The van der Waals surface area contributed by atoms with Gasteiger partial charge < -0.3 is 19.0 Å². The molecule has 1 amide bonds. The van der Waals surface area contributed by atoms with Gasteiger partial charge in [-0.05, 0) is 38.5 Å². The van der Waals surface area contributed by atoms with E-state index < -0.39 is 0 Å². The Balaban J connectivity index is 1.56. The first kappa shape index (κ1) is 15.7. The largest absolute Gasteiger partial charge is 0.497 e. The van der Waals surface area contributed by atoms with Gasteiger partial charge in [-0.2, -0.15) is 0 Å². The molecule has 0 saturated heterocycles. The molecule has 4 rings (SSSR count). The Morgan fingerprint density at radius 1 is 1.36 bits per heavy atom. The van der Waals surface area contributed by atoms with Gasteiger partial charge in [-0.1, -0.05) is 0 Å². The van der Waals surface area contributed by atoms with Gasteiger partial charge in [-0.15, -0.1) is 10.2 Å². The van der Waals surface area contributed by atoms with Crippen molar-refractivity contribution in [1.82, 2.24) is 20.1 Å². The summed E-state index contributed by atoms with van der Waals surface area (Å²) in [6, 6.07) is 5.57. The van der Waals surface area contributed by atoms with Gasteiger partial charge in [-0.25, -0.2) is 0 Å². The molecular weight excluding hydrogens is 320 g/mol. The maximum Gasteiger partial charge on any atom is 0.287 e. The number of aryl methyl sites for hydroxylation is 3. The van der Waals surface area contributed by atoms with E-state index in [1.165, 1.54) is 0 Å². The van der Waals surface area contributed by atoms with Crippen LogP contribution < -0.4 is 10.1 Å². The summed E-state index contributed by atoms with van der Waals surface area (Å²) in [6.45, 7) is 4.51. The first-order chi connectivity index (χ1) is 12.1. The molecule has 1 aliphatic rings. The van der Waals surface area contributed by atoms with Crippen LogP contribution in [0.15, 0.2) is 22.6 Å². The number of rotatable bonds is 3. The van der Waals surface area contributed by atoms with E-state index in [1.807, 2.05) is 32.0 Å². The van der Waals surface area contributed by atoms with E-state index in [0.29, 0.717) is 17.9 Å². The molecule has 2 aromatic heterocycles. The molecule has 1 N–H and O–H groups in total.